The second-order valence-corrected chi connectivity index (χ2v) is 6.57. The van der Waals surface area contributed by atoms with Crippen molar-refractivity contribution in [1.82, 2.24) is 9.80 Å². The van der Waals surface area contributed by atoms with Gasteiger partial charge in [-0.05, 0) is 33.7 Å². The minimum atomic E-state index is 0.296. The first-order chi connectivity index (χ1) is 8.00. The van der Waals surface area contributed by atoms with Crippen molar-refractivity contribution in [2.24, 2.45) is 5.73 Å². The van der Waals surface area contributed by atoms with E-state index in [2.05, 4.69) is 30.7 Å². The number of hydrogen-bond acceptors (Lipinski definition) is 3. The Morgan fingerprint density at radius 2 is 1.76 bits per heavy atom. The number of nitrogens with two attached hydrogens (primary N) is 1. The Kier molecular flexibility index (Phi) is 4.11. The van der Waals surface area contributed by atoms with E-state index in [4.69, 9.17) is 5.73 Å². The van der Waals surface area contributed by atoms with E-state index in [0.717, 1.165) is 0 Å². The van der Waals surface area contributed by atoms with E-state index in [1.165, 1.54) is 51.7 Å². The first-order valence-corrected chi connectivity index (χ1v) is 7.21. The summed E-state index contributed by atoms with van der Waals surface area (Å²) in [7, 11) is 2.24. The lowest BCUT2D eigenvalue weighted by Gasteiger charge is -2.49. The van der Waals surface area contributed by atoms with E-state index in [1.807, 2.05) is 0 Å². The molecule has 1 aliphatic heterocycles. The molecule has 2 N–H and O–H groups in total. The van der Waals surface area contributed by atoms with Crippen LogP contribution in [0.1, 0.15) is 46.0 Å². The van der Waals surface area contributed by atoms with Gasteiger partial charge < -0.3 is 5.73 Å². The van der Waals surface area contributed by atoms with Crippen LogP contribution in [-0.2, 0) is 0 Å². The number of piperazine rings is 1. The molecule has 2 atom stereocenters. The monoisotopic (exact) mass is 239 g/mol. The fraction of sp³-hybridized carbons (Fsp3) is 1.00. The van der Waals surface area contributed by atoms with Crippen LogP contribution >= 0.6 is 0 Å². The maximum atomic E-state index is 6.38. The van der Waals surface area contributed by atoms with Crippen LogP contribution in [-0.4, -0.2) is 54.1 Å². The van der Waals surface area contributed by atoms with Crippen LogP contribution in [0.2, 0.25) is 0 Å². The van der Waals surface area contributed by atoms with Gasteiger partial charge in [-0.2, -0.15) is 0 Å². The van der Waals surface area contributed by atoms with Crippen LogP contribution in [0, 0.1) is 0 Å². The summed E-state index contributed by atoms with van der Waals surface area (Å²) in [6, 6.07) is 1.03. The second-order valence-electron chi connectivity index (χ2n) is 6.57. The smallest absolute Gasteiger partial charge is 0.0277 e. The van der Waals surface area contributed by atoms with E-state index in [-0.39, 0.29) is 0 Å². The van der Waals surface area contributed by atoms with Crippen LogP contribution < -0.4 is 5.73 Å². The molecule has 17 heavy (non-hydrogen) atoms. The van der Waals surface area contributed by atoms with Crippen molar-refractivity contribution in [3.8, 4) is 0 Å². The predicted molar refractivity (Wildman–Crippen MR) is 73.1 cm³/mol. The number of nitrogens with zero attached hydrogens (tertiary/aromatic N) is 2. The van der Waals surface area contributed by atoms with Gasteiger partial charge in [-0.15, -0.1) is 0 Å². The molecule has 0 bridgehead atoms. The minimum Gasteiger partial charge on any atom is -0.326 e. The fourth-order valence-corrected chi connectivity index (χ4v) is 3.33. The summed E-state index contributed by atoms with van der Waals surface area (Å²) >= 11 is 0. The molecular formula is C14H29N3. The number of likely N-dealkylation sites (N-methyl/N-ethyl adjacent to an activating group) is 1. The van der Waals surface area contributed by atoms with Crippen LogP contribution in [0.4, 0.5) is 0 Å². The van der Waals surface area contributed by atoms with Gasteiger partial charge >= 0.3 is 0 Å². The van der Waals surface area contributed by atoms with Gasteiger partial charge in [-0.1, -0.05) is 19.3 Å². The standard InChI is InChI=1S/C14H29N3/c1-14(2)11-17(10-9-16(14)3)13-8-6-4-5-7-12(13)15/h12-13H,4-11,15H2,1-3H3. The van der Waals surface area contributed by atoms with Crippen LogP contribution in [0.3, 0.4) is 0 Å². The summed E-state index contributed by atoms with van der Waals surface area (Å²) in [5.74, 6) is 0. The number of rotatable bonds is 1. The minimum absolute atomic E-state index is 0.296. The van der Waals surface area contributed by atoms with Crippen molar-refractivity contribution in [3.05, 3.63) is 0 Å². The van der Waals surface area contributed by atoms with Crippen molar-refractivity contribution in [2.45, 2.75) is 63.6 Å². The third-order valence-corrected chi connectivity index (χ3v) is 4.85. The van der Waals surface area contributed by atoms with Gasteiger partial charge in [0.25, 0.3) is 0 Å². The molecule has 1 saturated heterocycles. The van der Waals surface area contributed by atoms with Gasteiger partial charge in [0, 0.05) is 37.3 Å². The highest BCUT2D eigenvalue weighted by molar-refractivity contribution is 4.94. The molecule has 0 aromatic rings. The van der Waals surface area contributed by atoms with Gasteiger partial charge in [0.15, 0.2) is 0 Å². The lowest BCUT2D eigenvalue weighted by atomic mass is 9.94. The molecule has 0 radical (unpaired) electrons. The van der Waals surface area contributed by atoms with Crippen molar-refractivity contribution < 1.29 is 0 Å². The average molecular weight is 239 g/mol. The van der Waals surface area contributed by atoms with E-state index in [1.54, 1.807) is 0 Å². The molecule has 2 rings (SSSR count). The van der Waals surface area contributed by atoms with Crippen LogP contribution in [0.25, 0.3) is 0 Å². The Labute approximate surface area is 106 Å². The van der Waals surface area contributed by atoms with Gasteiger partial charge in [-0.3, -0.25) is 9.80 Å². The third-order valence-electron chi connectivity index (χ3n) is 4.85. The van der Waals surface area contributed by atoms with Crippen molar-refractivity contribution in [1.29, 1.82) is 0 Å². The summed E-state index contributed by atoms with van der Waals surface area (Å²) in [4.78, 5) is 5.14. The highest BCUT2D eigenvalue weighted by Gasteiger charge is 2.36. The molecule has 0 amide bonds. The Morgan fingerprint density at radius 3 is 2.47 bits per heavy atom. The maximum Gasteiger partial charge on any atom is 0.0277 e. The molecule has 0 spiro atoms. The molecule has 0 aromatic heterocycles. The largest absolute Gasteiger partial charge is 0.326 e. The van der Waals surface area contributed by atoms with Gasteiger partial charge in [-0.25, -0.2) is 0 Å². The maximum absolute atomic E-state index is 6.38. The summed E-state index contributed by atoms with van der Waals surface area (Å²) in [5, 5.41) is 0. The average Bonchev–Trinajstić information content (AvgIpc) is 2.47. The fourth-order valence-electron chi connectivity index (χ4n) is 3.33. The zero-order valence-electron chi connectivity index (χ0n) is 11.8. The summed E-state index contributed by atoms with van der Waals surface area (Å²) in [5.41, 5.74) is 6.67. The Hall–Kier alpha value is -0.120. The molecule has 3 nitrogen and oxygen atoms in total. The predicted octanol–water partition coefficient (Wildman–Crippen LogP) is 1.67. The number of hydrogen-bond donors (Lipinski definition) is 1. The first-order valence-electron chi connectivity index (χ1n) is 7.21. The lowest BCUT2D eigenvalue weighted by Crippen LogP contribution is -2.62. The van der Waals surface area contributed by atoms with E-state index in [0.29, 0.717) is 17.6 Å². The molecular weight excluding hydrogens is 210 g/mol. The second kappa shape index (κ2) is 5.25. The Balaban J connectivity index is 2.01. The topological polar surface area (TPSA) is 32.5 Å². The third kappa shape index (κ3) is 3.01. The zero-order valence-corrected chi connectivity index (χ0v) is 11.8. The highest BCUT2D eigenvalue weighted by Crippen LogP contribution is 2.26. The quantitative estimate of drug-likeness (QED) is 0.707. The van der Waals surface area contributed by atoms with Gasteiger partial charge in [0.2, 0.25) is 0 Å². The lowest BCUT2D eigenvalue weighted by molar-refractivity contribution is 0.00894. The van der Waals surface area contributed by atoms with E-state index in [9.17, 15) is 0 Å². The van der Waals surface area contributed by atoms with Gasteiger partial charge in [0.1, 0.15) is 0 Å². The summed E-state index contributed by atoms with van der Waals surface area (Å²) in [6.07, 6.45) is 6.60. The molecule has 2 fully saturated rings. The zero-order chi connectivity index (χ0) is 12.5. The molecule has 3 heteroatoms. The Bertz CT molecular complexity index is 252. The van der Waals surface area contributed by atoms with Gasteiger partial charge in [0.05, 0.1) is 0 Å². The van der Waals surface area contributed by atoms with Crippen LogP contribution in [0.5, 0.6) is 0 Å². The molecule has 2 unspecified atom stereocenters. The molecule has 100 valence electrons. The highest BCUT2D eigenvalue weighted by atomic mass is 15.3. The van der Waals surface area contributed by atoms with E-state index >= 15 is 0 Å². The molecule has 1 heterocycles. The molecule has 0 aromatic carbocycles. The van der Waals surface area contributed by atoms with Crippen molar-refractivity contribution in [3.63, 3.8) is 0 Å². The summed E-state index contributed by atoms with van der Waals surface area (Å²) < 4.78 is 0. The summed E-state index contributed by atoms with van der Waals surface area (Å²) in [6.45, 7) is 8.24. The van der Waals surface area contributed by atoms with Crippen molar-refractivity contribution >= 4 is 0 Å². The van der Waals surface area contributed by atoms with Crippen LogP contribution in [0.15, 0.2) is 0 Å². The molecule has 1 saturated carbocycles. The SMILES string of the molecule is CN1CCN(C2CCCCCC2N)CC1(C)C. The first kappa shape index (κ1) is 13.3. The van der Waals surface area contributed by atoms with E-state index < -0.39 is 0 Å². The molecule has 1 aliphatic carbocycles. The molecule has 2 aliphatic rings. The normalized spacial score (nSPS) is 36.7. The Morgan fingerprint density at radius 1 is 1.06 bits per heavy atom. The van der Waals surface area contributed by atoms with Crippen molar-refractivity contribution in [2.75, 3.05) is 26.7 Å².